The van der Waals surface area contributed by atoms with E-state index in [0.29, 0.717) is 10.0 Å². The second kappa shape index (κ2) is 4.75. The molecule has 0 amide bonds. The van der Waals surface area contributed by atoms with Crippen molar-refractivity contribution >= 4 is 35.0 Å². The molecule has 0 aromatic carbocycles. The van der Waals surface area contributed by atoms with Crippen LogP contribution in [0.3, 0.4) is 0 Å². The molecule has 4 heteroatoms. The standard InChI is InChI=1S/C8H7Cl2NS/c1-2-3-12-8-7(10)4-6(9)5-11-8/h2,4-5H,1,3H2. The van der Waals surface area contributed by atoms with Crippen LogP contribution in [-0.2, 0) is 0 Å². The Morgan fingerprint density at radius 3 is 2.92 bits per heavy atom. The highest BCUT2D eigenvalue weighted by Crippen LogP contribution is 2.26. The average molecular weight is 220 g/mol. The van der Waals surface area contributed by atoms with Crippen LogP contribution in [0.25, 0.3) is 0 Å². The Hall–Kier alpha value is -0.180. The van der Waals surface area contributed by atoms with E-state index < -0.39 is 0 Å². The van der Waals surface area contributed by atoms with E-state index in [1.54, 1.807) is 18.3 Å². The molecule has 0 saturated carbocycles. The maximum Gasteiger partial charge on any atom is 0.115 e. The minimum absolute atomic E-state index is 0.558. The lowest BCUT2D eigenvalue weighted by molar-refractivity contribution is 1.14. The number of nitrogens with zero attached hydrogens (tertiary/aromatic N) is 1. The lowest BCUT2D eigenvalue weighted by Crippen LogP contribution is -1.81. The summed E-state index contributed by atoms with van der Waals surface area (Å²) in [6, 6.07) is 1.68. The van der Waals surface area contributed by atoms with Crippen LogP contribution in [-0.4, -0.2) is 10.7 Å². The van der Waals surface area contributed by atoms with Crippen LogP contribution in [0, 0.1) is 0 Å². The summed E-state index contributed by atoms with van der Waals surface area (Å²) < 4.78 is 0. The van der Waals surface area contributed by atoms with Crippen molar-refractivity contribution in [2.24, 2.45) is 0 Å². The number of thioether (sulfide) groups is 1. The minimum atomic E-state index is 0.558. The highest BCUT2D eigenvalue weighted by Gasteiger charge is 2.01. The van der Waals surface area contributed by atoms with Crippen LogP contribution >= 0.6 is 35.0 Å². The van der Waals surface area contributed by atoms with Gasteiger partial charge in [0.05, 0.1) is 10.0 Å². The van der Waals surface area contributed by atoms with Crippen molar-refractivity contribution in [3.63, 3.8) is 0 Å². The van der Waals surface area contributed by atoms with Crippen molar-refractivity contribution in [2.45, 2.75) is 5.03 Å². The van der Waals surface area contributed by atoms with E-state index in [-0.39, 0.29) is 0 Å². The topological polar surface area (TPSA) is 12.9 Å². The fourth-order valence-electron chi connectivity index (χ4n) is 0.646. The summed E-state index contributed by atoms with van der Waals surface area (Å²) in [5.74, 6) is 0.800. The second-order valence-electron chi connectivity index (χ2n) is 2.04. The predicted molar refractivity (Wildman–Crippen MR) is 55.2 cm³/mol. The molecule has 0 unspecified atom stereocenters. The first-order valence-electron chi connectivity index (χ1n) is 3.29. The molecule has 0 spiro atoms. The summed E-state index contributed by atoms with van der Waals surface area (Å²) in [7, 11) is 0. The molecule has 0 fully saturated rings. The summed E-state index contributed by atoms with van der Waals surface area (Å²) in [6.07, 6.45) is 3.39. The summed E-state index contributed by atoms with van der Waals surface area (Å²) in [4.78, 5) is 4.07. The lowest BCUT2D eigenvalue weighted by atomic mass is 10.5. The summed E-state index contributed by atoms with van der Waals surface area (Å²) in [6.45, 7) is 3.61. The second-order valence-corrected chi connectivity index (χ2v) is 3.89. The molecular formula is C8H7Cl2NS. The van der Waals surface area contributed by atoms with E-state index in [0.717, 1.165) is 10.8 Å². The van der Waals surface area contributed by atoms with Gasteiger partial charge in [-0.25, -0.2) is 4.98 Å². The molecule has 1 heterocycles. The number of rotatable bonds is 3. The first-order chi connectivity index (χ1) is 5.74. The van der Waals surface area contributed by atoms with Crippen molar-refractivity contribution in [1.29, 1.82) is 0 Å². The molecule has 1 aromatic heterocycles. The Bertz CT molecular complexity index is 288. The van der Waals surface area contributed by atoms with Crippen molar-refractivity contribution < 1.29 is 0 Å². The summed E-state index contributed by atoms with van der Waals surface area (Å²) in [5, 5.41) is 1.94. The Balaban J connectivity index is 2.78. The van der Waals surface area contributed by atoms with E-state index in [2.05, 4.69) is 11.6 Å². The summed E-state index contributed by atoms with van der Waals surface area (Å²) >= 11 is 13.1. The highest BCUT2D eigenvalue weighted by molar-refractivity contribution is 7.99. The fourth-order valence-corrected chi connectivity index (χ4v) is 1.79. The molecule has 0 aliphatic heterocycles. The molecule has 64 valence electrons. The molecule has 0 aliphatic rings. The predicted octanol–water partition coefficient (Wildman–Crippen LogP) is 3.67. The molecule has 0 N–H and O–H groups in total. The molecule has 0 aliphatic carbocycles. The molecule has 0 saturated heterocycles. The van der Waals surface area contributed by atoms with Gasteiger partial charge in [-0.05, 0) is 6.07 Å². The number of hydrogen-bond acceptors (Lipinski definition) is 2. The van der Waals surface area contributed by atoms with E-state index in [1.165, 1.54) is 11.8 Å². The van der Waals surface area contributed by atoms with Crippen LogP contribution < -0.4 is 0 Å². The Kier molecular flexibility index (Phi) is 3.92. The Morgan fingerprint density at radius 1 is 1.58 bits per heavy atom. The first-order valence-corrected chi connectivity index (χ1v) is 5.03. The minimum Gasteiger partial charge on any atom is -0.247 e. The van der Waals surface area contributed by atoms with Gasteiger partial charge in [-0.3, -0.25) is 0 Å². The van der Waals surface area contributed by atoms with Gasteiger partial charge in [-0.1, -0.05) is 29.3 Å². The van der Waals surface area contributed by atoms with Gasteiger partial charge < -0.3 is 0 Å². The third-order valence-corrected chi connectivity index (χ3v) is 2.72. The molecule has 1 nitrogen and oxygen atoms in total. The van der Waals surface area contributed by atoms with Gasteiger partial charge >= 0.3 is 0 Å². The van der Waals surface area contributed by atoms with E-state index in [9.17, 15) is 0 Å². The number of pyridine rings is 1. The van der Waals surface area contributed by atoms with Crippen molar-refractivity contribution in [2.75, 3.05) is 5.75 Å². The van der Waals surface area contributed by atoms with Gasteiger partial charge in [0.25, 0.3) is 0 Å². The van der Waals surface area contributed by atoms with Crippen LogP contribution in [0.15, 0.2) is 29.9 Å². The molecule has 0 radical (unpaired) electrons. The zero-order valence-corrected chi connectivity index (χ0v) is 8.59. The largest absolute Gasteiger partial charge is 0.247 e. The maximum atomic E-state index is 5.86. The normalized spacial score (nSPS) is 9.83. The van der Waals surface area contributed by atoms with Crippen LogP contribution in [0.4, 0.5) is 0 Å². The van der Waals surface area contributed by atoms with Gasteiger partial charge in [0.1, 0.15) is 5.03 Å². The van der Waals surface area contributed by atoms with Gasteiger partial charge in [0.2, 0.25) is 0 Å². The van der Waals surface area contributed by atoms with Crippen LogP contribution in [0.1, 0.15) is 0 Å². The average Bonchev–Trinajstić information content (AvgIpc) is 2.03. The number of hydrogen-bond donors (Lipinski definition) is 0. The molecule has 12 heavy (non-hydrogen) atoms. The molecule has 0 atom stereocenters. The SMILES string of the molecule is C=CCSc1ncc(Cl)cc1Cl. The van der Waals surface area contributed by atoms with Gasteiger partial charge in [0, 0.05) is 11.9 Å². The number of aromatic nitrogens is 1. The third kappa shape index (κ3) is 2.70. The Morgan fingerprint density at radius 2 is 2.33 bits per heavy atom. The van der Waals surface area contributed by atoms with Gasteiger partial charge in [-0.15, -0.1) is 18.3 Å². The summed E-state index contributed by atoms with van der Waals surface area (Å²) in [5.41, 5.74) is 0. The molecular weight excluding hydrogens is 213 g/mol. The quantitative estimate of drug-likeness (QED) is 0.569. The molecule has 1 rings (SSSR count). The molecule has 1 aromatic rings. The van der Waals surface area contributed by atoms with Crippen molar-refractivity contribution in [3.05, 3.63) is 35.0 Å². The van der Waals surface area contributed by atoms with E-state index in [4.69, 9.17) is 23.2 Å². The smallest absolute Gasteiger partial charge is 0.115 e. The van der Waals surface area contributed by atoms with Crippen molar-refractivity contribution in [1.82, 2.24) is 4.98 Å². The molecule has 0 bridgehead atoms. The van der Waals surface area contributed by atoms with E-state index >= 15 is 0 Å². The van der Waals surface area contributed by atoms with Crippen LogP contribution in [0.2, 0.25) is 10.0 Å². The number of halogens is 2. The zero-order valence-electron chi connectivity index (χ0n) is 6.26. The first kappa shape index (κ1) is 9.90. The van der Waals surface area contributed by atoms with Crippen LogP contribution in [0.5, 0.6) is 0 Å². The zero-order chi connectivity index (χ0) is 8.97. The van der Waals surface area contributed by atoms with Gasteiger partial charge in [-0.2, -0.15) is 0 Å². The third-order valence-electron chi connectivity index (χ3n) is 1.11. The van der Waals surface area contributed by atoms with Gasteiger partial charge in [0.15, 0.2) is 0 Å². The highest BCUT2D eigenvalue weighted by atomic mass is 35.5. The van der Waals surface area contributed by atoms with E-state index in [1.807, 2.05) is 0 Å². The fraction of sp³-hybridized carbons (Fsp3) is 0.125. The lowest BCUT2D eigenvalue weighted by Gasteiger charge is -1.99. The Labute approximate surface area is 85.8 Å². The van der Waals surface area contributed by atoms with Crippen molar-refractivity contribution in [3.8, 4) is 0 Å². The maximum absolute atomic E-state index is 5.86. The monoisotopic (exact) mass is 219 g/mol.